The van der Waals surface area contributed by atoms with Gasteiger partial charge in [-0.05, 0) is 38.1 Å². The number of aliphatic carboxylic acids is 1. The first-order valence-electron chi connectivity index (χ1n) is 9.37. The van der Waals surface area contributed by atoms with Gasteiger partial charge in [-0.15, -0.1) is 0 Å². The van der Waals surface area contributed by atoms with Crippen LogP contribution in [0.4, 0.5) is 4.39 Å². The highest BCUT2D eigenvalue weighted by molar-refractivity contribution is 5.90. The van der Waals surface area contributed by atoms with Crippen molar-refractivity contribution in [2.24, 2.45) is 5.73 Å². The number of piperidine rings is 1. The van der Waals surface area contributed by atoms with Crippen LogP contribution in [0.2, 0.25) is 0 Å². The zero-order chi connectivity index (χ0) is 22.1. The summed E-state index contributed by atoms with van der Waals surface area (Å²) in [5, 5.41) is 13.4. The summed E-state index contributed by atoms with van der Waals surface area (Å²) in [6, 6.07) is 4.45. The van der Waals surface area contributed by atoms with Crippen molar-refractivity contribution >= 4 is 28.8 Å². The Kier molecular flexibility index (Phi) is 8.48. The van der Waals surface area contributed by atoms with Crippen LogP contribution in [0.1, 0.15) is 31.4 Å². The third kappa shape index (κ3) is 7.28. The van der Waals surface area contributed by atoms with Gasteiger partial charge in [-0.1, -0.05) is 5.16 Å². The van der Waals surface area contributed by atoms with Crippen molar-refractivity contribution in [3.05, 3.63) is 41.9 Å². The number of hydrogen-bond donors (Lipinski definition) is 2. The Hall–Kier alpha value is -3.27. The number of esters is 1. The van der Waals surface area contributed by atoms with Crippen LogP contribution < -0.4 is 5.73 Å². The fraction of sp³-hybridized carbons (Fsp3) is 0.400. The maximum atomic E-state index is 13.2. The molecule has 1 aliphatic heterocycles. The monoisotopic (exact) mass is 421 g/mol. The highest BCUT2D eigenvalue weighted by Crippen LogP contribution is 2.32. The van der Waals surface area contributed by atoms with Crippen molar-refractivity contribution in [1.82, 2.24) is 10.1 Å². The standard InChI is InChI=1S/C18H19FN2O5.C2H5NO/c19-13-1-2-14-15(11-13)26-20-18(14)12-5-7-21(8-6-12)9-10-25-17(24)4-3-16(22)23;1-2(3)4/h1-4,11-12H,5-10H2,(H,22,23);1H3,(H2,3,4)/b4-3+;. The van der Waals surface area contributed by atoms with E-state index in [1.54, 1.807) is 6.07 Å². The van der Waals surface area contributed by atoms with Crippen molar-refractivity contribution in [1.29, 1.82) is 0 Å². The number of carbonyl (C=O) groups is 3. The highest BCUT2D eigenvalue weighted by atomic mass is 19.1. The van der Waals surface area contributed by atoms with Gasteiger partial charge in [-0.3, -0.25) is 9.69 Å². The van der Waals surface area contributed by atoms with Gasteiger partial charge in [0.2, 0.25) is 5.91 Å². The van der Waals surface area contributed by atoms with Gasteiger partial charge in [0.05, 0.1) is 5.69 Å². The first-order chi connectivity index (χ1) is 14.3. The van der Waals surface area contributed by atoms with E-state index in [0.717, 1.165) is 49.2 Å². The normalized spacial score (nSPS) is 15.0. The predicted molar refractivity (Wildman–Crippen MR) is 105 cm³/mol. The molecule has 0 saturated carbocycles. The molecule has 0 spiro atoms. The maximum absolute atomic E-state index is 13.2. The molecule has 1 saturated heterocycles. The molecule has 3 N–H and O–H groups in total. The van der Waals surface area contributed by atoms with Crippen molar-refractivity contribution < 1.29 is 33.1 Å². The number of nitrogens with two attached hydrogens (primary N) is 1. The summed E-state index contributed by atoms with van der Waals surface area (Å²) in [4.78, 5) is 33.0. The van der Waals surface area contributed by atoms with Crippen molar-refractivity contribution in [2.45, 2.75) is 25.7 Å². The number of carboxylic acids is 1. The molecule has 1 aromatic heterocycles. The van der Waals surface area contributed by atoms with Crippen LogP contribution in [0, 0.1) is 5.82 Å². The summed E-state index contributed by atoms with van der Waals surface area (Å²) in [5.41, 5.74) is 5.80. The van der Waals surface area contributed by atoms with E-state index >= 15 is 0 Å². The predicted octanol–water partition coefficient (Wildman–Crippen LogP) is 1.82. The molecule has 10 heteroatoms. The lowest BCUT2D eigenvalue weighted by Gasteiger charge is -2.30. The Morgan fingerprint density at radius 1 is 1.33 bits per heavy atom. The molecule has 1 fully saturated rings. The number of hydrogen-bond acceptors (Lipinski definition) is 7. The SMILES string of the molecule is CC(N)=O.O=C(O)/C=C/C(=O)OCCN1CCC(c2noc3cc(F)ccc23)CC1. The minimum atomic E-state index is -1.19. The summed E-state index contributed by atoms with van der Waals surface area (Å²) in [5.74, 6) is -2.28. The van der Waals surface area contributed by atoms with Crippen LogP contribution in [-0.4, -0.2) is 59.3 Å². The molecule has 162 valence electrons. The number of amides is 1. The number of rotatable bonds is 6. The van der Waals surface area contributed by atoms with Crippen LogP contribution in [0.3, 0.4) is 0 Å². The average Bonchev–Trinajstić information content (AvgIpc) is 3.09. The van der Waals surface area contributed by atoms with Crippen LogP contribution in [0.5, 0.6) is 0 Å². The molecule has 1 aromatic carbocycles. The van der Waals surface area contributed by atoms with E-state index in [-0.39, 0.29) is 24.2 Å². The molecule has 1 aliphatic rings. The molecule has 3 rings (SSSR count). The minimum Gasteiger partial charge on any atom is -0.478 e. The first-order valence-corrected chi connectivity index (χ1v) is 9.37. The average molecular weight is 421 g/mol. The molecular formula is C20H24FN3O6. The molecule has 30 heavy (non-hydrogen) atoms. The fourth-order valence-electron chi connectivity index (χ4n) is 3.12. The molecule has 2 heterocycles. The summed E-state index contributed by atoms with van der Waals surface area (Å²) in [6.07, 6.45) is 3.41. The van der Waals surface area contributed by atoms with Gasteiger partial charge in [-0.2, -0.15) is 0 Å². The second-order valence-corrected chi connectivity index (χ2v) is 6.77. The lowest BCUT2D eigenvalue weighted by atomic mass is 9.91. The van der Waals surface area contributed by atoms with Gasteiger partial charge in [0.1, 0.15) is 12.4 Å². The number of primary amides is 1. The van der Waals surface area contributed by atoms with E-state index in [1.807, 2.05) is 0 Å². The number of benzene rings is 1. The van der Waals surface area contributed by atoms with E-state index in [9.17, 15) is 18.8 Å². The van der Waals surface area contributed by atoms with Gasteiger partial charge >= 0.3 is 11.9 Å². The summed E-state index contributed by atoms with van der Waals surface area (Å²) in [6.45, 7) is 3.75. The summed E-state index contributed by atoms with van der Waals surface area (Å²) in [7, 11) is 0. The Morgan fingerprint density at radius 3 is 2.63 bits per heavy atom. The Labute approximate surface area is 172 Å². The van der Waals surface area contributed by atoms with Crippen LogP contribution >= 0.6 is 0 Å². The van der Waals surface area contributed by atoms with E-state index < -0.39 is 11.9 Å². The summed E-state index contributed by atoms with van der Waals surface area (Å²) >= 11 is 0. The second kappa shape index (κ2) is 11.1. The van der Waals surface area contributed by atoms with E-state index in [4.69, 9.17) is 14.4 Å². The molecule has 1 amide bonds. The summed E-state index contributed by atoms with van der Waals surface area (Å²) < 4.78 is 23.4. The lowest BCUT2D eigenvalue weighted by molar-refractivity contribution is -0.139. The number of aromatic nitrogens is 1. The Morgan fingerprint density at radius 2 is 2.00 bits per heavy atom. The fourth-order valence-corrected chi connectivity index (χ4v) is 3.12. The quantitative estimate of drug-likeness (QED) is 0.532. The second-order valence-electron chi connectivity index (χ2n) is 6.77. The lowest BCUT2D eigenvalue weighted by Crippen LogP contribution is -2.35. The number of ether oxygens (including phenoxy) is 1. The topological polar surface area (TPSA) is 136 Å². The van der Waals surface area contributed by atoms with Gasteiger partial charge in [0.25, 0.3) is 0 Å². The molecule has 2 aromatic rings. The van der Waals surface area contributed by atoms with E-state index in [0.29, 0.717) is 12.1 Å². The van der Waals surface area contributed by atoms with Crippen molar-refractivity contribution in [3.63, 3.8) is 0 Å². The van der Waals surface area contributed by atoms with E-state index in [1.165, 1.54) is 19.1 Å². The van der Waals surface area contributed by atoms with Crippen molar-refractivity contribution in [2.75, 3.05) is 26.2 Å². The molecule has 0 unspecified atom stereocenters. The third-order valence-electron chi connectivity index (χ3n) is 4.45. The Bertz CT molecular complexity index is 914. The number of nitrogens with zero attached hydrogens (tertiary/aromatic N) is 2. The van der Waals surface area contributed by atoms with Gasteiger partial charge in [0, 0.05) is 43.0 Å². The van der Waals surface area contributed by atoms with Gasteiger partial charge < -0.3 is 20.1 Å². The minimum absolute atomic E-state index is 0.208. The zero-order valence-corrected chi connectivity index (χ0v) is 16.5. The largest absolute Gasteiger partial charge is 0.478 e. The van der Waals surface area contributed by atoms with Crippen LogP contribution in [0.25, 0.3) is 11.0 Å². The zero-order valence-electron chi connectivity index (χ0n) is 16.5. The number of likely N-dealkylation sites (tertiary alicyclic amines) is 1. The van der Waals surface area contributed by atoms with Crippen LogP contribution in [0.15, 0.2) is 34.9 Å². The van der Waals surface area contributed by atoms with Gasteiger partial charge in [0.15, 0.2) is 5.58 Å². The molecule has 9 nitrogen and oxygen atoms in total. The smallest absolute Gasteiger partial charge is 0.331 e. The first kappa shape index (κ1) is 23.0. The number of halogens is 1. The maximum Gasteiger partial charge on any atom is 0.331 e. The third-order valence-corrected chi connectivity index (χ3v) is 4.45. The molecular weight excluding hydrogens is 397 g/mol. The highest BCUT2D eigenvalue weighted by Gasteiger charge is 2.25. The Balaban J connectivity index is 0.000000735. The number of carboxylic acid groups (broad SMARTS) is 1. The van der Waals surface area contributed by atoms with Crippen molar-refractivity contribution in [3.8, 4) is 0 Å². The van der Waals surface area contributed by atoms with Crippen LogP contribution in [-0.2, 0) is 19.1 Å². The molecule has 0 aliphatic carbocycles. The molecule has 0 radical (unpaired) electrons. The number of carbonyl (C=O) groups excluding carboxylic acids is 2. The van der Waals surface area contributed by atoms with Gasteiger partial charge in [-0.25, -0.2) is 14.0 Å². The number of fused-ring (bicyclic) bond motifs is 1. The molecule has 0 bridgehead atoms. The molecule has 0 atom stereocenters. The van der Waals surface area contributed by atoms with E-state index in [2.05, 4.69) is 15.8 Å².